The van der Waals surface area contributed by atoms with E-state index in [0.717, 1.165) is 19.0 Å². The molecule has 186 valence electrons. The summed E-state index contributed by atoms with van der Waals surface area (Å²) in [6, 6.07) is 7.09. The average molecular weight is 507 g/mol. The highest BCUT2D eigenvalue weighted by molar-refractivity contribution is 5.79. The van der Waals surface area contributed by atoms with Crippen LogP contribution in [0.2, 0.25) is 0 Å². The molecule has 36 heavy (non-hydrogen) atoms. The van der Waals surface area contributed by atoms with E-state index < -0.39 is 29.3 Å². The van der Waals surface area contributed by atoms with Crippen molar-refractivity contribution in [1.29, 1.82) is 0 Å². The third kappa shape index (κ3) is 4.65. The van der Waals surface area contributed by atoms with Crippen LogP contribution in [0.5, 0.6) is 5.75 Å². The maximum Gasteiger partial charge on any atom is 0.416 e. The van der Waals surface area contributed by atoms with Crippen molar-refractivity contribution in [2.45, 2.75) is 31.3 Å². The highest BCUT2D eigenvalue weighted by Crippen LogP contribution is 2.42. The molecule has 0 saturated heterocycles. The third-order valence-electron chi connectivity index (χ3n) is 5.64. The number of nitrogens with zero attached hydrogens (tertiary/aromatic N) is 3. The highest BCUT2D eigenvalue weighted by Gasteiger charge is 2.37. The number of imidazole rings is 1. The van der Waals surface area contributed by atoms with Crippen LogP contribution in [0.4, 0.5) is 30.7 Å². The number of ether oxygens (including phenoxy) is 1. The molecule has 4 aromatic rings. The number of halogens is 7. The quantitative estimate of drug-likeness (QED) is 0.266. The number of pyridine rings is 1. The second kappa shape index (κ2) is 8.65. The molecule has 11 heteroatoms. The first-order chi connectivity index (χ1) is 17.0. The van der Waals surface area contributed by atoms with E-state index in [1.165, 1.54) is 41.5 Å². The summed E-state index contributed by atoms with van der Waals surface area (Å²) >= 11 is 0. The molecule has 1 aliphatic rings. The molecule has 2 heterocycles. The van der Waals surface area contributed by atoms with Gasteiger partial charge in [-0.05, 0) is 49.2 Å². The highest BCUT2D eigenvalue weighted by atomic mass is 19.4. The zero-order chi connectivity index (χ0) is 25.7. The maximum absolute atomic E-state index is 15.0. The van der Waals surface area contributed by atoms with Gasteiger partial charge in [-0.15, -0.1) is 0 Å². The molecule has 0 aliphatic heterocycles. The van der Waals surface area contributed by atoms with Crippen molar-refractivity contribution in [2.24, 2.45) is 0 Å². The first kappa shape index (κ1) is 23.8. The molecule has 0 amide bonds. The van der Waals surface area contributed by atoms with Gasteiger partial charge in [0.2, 0.25) is 0 Å². The van der Waals surface area contributed by atoms with E-state index in [1.807, 2.05) is 0 Å². The molecule has 0 radical (unpaired) electrons. The Balaban J connectivity index is 1.69. The smallest absolute Gasteiger partial charge is 0.416 e. The van der Waals surface area contributed by atoms with Crippen LogP contribution in [0.15, 0.2) is 67.4 Å². The monoisotopic (exact) mass is 507 g/mol. The molecule has 0 spiro atoms. The molecule has 0 bridgehead atoms. The van der Waals surface area contributed by atoms with E-state index in [4.69, 9.17) is 4.74 Å². The van der Waals surface area contributed by atoms with Crippen molar-refractivity contribution in [3.63, 3.8) is 0 Å². The van der Waals surface area contributed by atoms with Gasteiger partial charge in [0.05, 0.1) is 52.9 Å². The second-order valence-corrected chi connectivity index (χ2v) is 8.27. The van der Waals surface area contributed by atoms with Gasteiger partial charge in [0.25, 0.3) is 0 Å². The van der Waals surface area contributed by atoms with Gasteiger partial charge in [0, 0.05) is 17.3 Å². The zero-order valence-electron chi connectivity index (χ0n) is 18.2. The van der Waals surface area contributed by atoms with Crippen molar-refractivity contribution in [3.05, 3.63) is 84.3 Å². The van der Waals surface area contributed by atoms with Crippen molar-refractivity contribution in [1.82, 2.24) is 14.5 Å². The van der Waals surface area contributed by atoms with Gasteiger partial charge in [-0.2, -0.15) is 26.3 Å². The molecule has 0 atom stereocenters. The standard InChI is InChI=1S/C25H16F7N3O/c26-19-2-1-3-22(36-17-4-5-17)23(19)18-6-7-33-12-21(18)35-13-34-11-20(35)14-8-15(24(27,28)29)10-16(9-14)25(30,31)32/h1-3,6-13,17H,4-5H2. The van der Waals surface area contributed by atoms with E-state index in [2.05, 4.69) is 9.97 Å². The lowest BCUT2D eigenvalue weighted by atomic mass is 10.0. The van der Waals surface area contributed by atoms with Crippen LogP contribution >= 0.6 is 0 Å². The van der Waals surface area contributed by atoms with Crippen LogP contribution in [0.25, 0.3) is 28.1 Å². The maximum atomic E-state index is 15.0. The van der Waals surface area contributed by atoms with Crippen LogP contribution in [0.1, 0.15) is 24.0 Å². The first-order valence-corrected chi connectivity index (χ1v) is 10.7. The van der Waals surface area contributed by atoms with Crippen LogP contribution in [-0.4, -0.2) is 20.6 Å². The van der Waals surface area contributed by atoms with Gasteiger partial charge in [-0.1, -0.05) is 6.07 Å². The number of rotatable bonds is 5. The predicted octanol–water partition coefficient (Wildman–Crippen LogP) is 7.32. The second-order valence-electron chi connectivity index (χ2n) is 8.27. The number of hydrogen-bond acceptors (Lipinski definition) is 3. The molecule has 2 aromatic heterocycles. The van der Waals surface area contributed by atoms with E-state index in [0.29, 0.717) is 12.1 Å². The summed E-state index contributed by atoms with van der Waals surface area (Å²) in [7, 11) is 0. The fraction of sp³-hybridized carbons (Fsp3) is 0.200. The fourth-order valence-corrected chi connectivity index (χ4v) is 3.82. The SMILES string of the molecule is Fc1cccc(OC2CC2)c1-c1ccncc1-n1cncc1-c1cc(C(F)(F)F)cc(C(F)(F)F)c1. The van der Waals surface area contributed by atoms with Crippen LogP contribution in [0.3, 0.4) is 0 Å². The number of alkyl halides is 6. The van der Waals surface area contributed by atoms with E-state index in [9.17, 15) is 26.3 Å². The summed E-state index contributed by atoms with van der Waals surface area (Å²) in [5.74, 6) is -0.342. The van der Waals surface area contributed by atoms with Gasteiger partial charge in [-0.3, -0.25) is 9.55 Å². The normalized spacial score (nSPS) is 14.2. The van der Waals surface area contributed by atoms with Gasteiger partial charge in [0.1, 0.15) is 11.6 Å². The molecule has 2 aromatic carbocycles. The molecule has 1 fully saturated rings. The molecular formula is C25H16F7N3O. The van der Waals surface area contributed by atoms with Crippen LogP contribution < -0.4 is 4.74 Å². The Labute approximate surface area is 200 Å². The Bertz CT molecular complexity index is 1390. The van der Waals surface area contributed by atoms with Gasteiger partial charge in [0.15, 0.2) is 0 Å². The average Bonchev–Trinajstić information content (AvgIpc) is 3.49. The topological polar surface area (TPSA) is 39.9 Å². The van der Waals surface area contributed by atoms with Crippen molar-refractivity contribution < 1.29 is 35.5 Å². The Hall–Kier alpha value is -3.89. The summed E-state index contributed by atoms with van der Waals surface area (Å²) in [6.45, 7) is 0. The van der Waals surface area contributed by atoms with E-state index in [-0.39, 0.29) is 46.0 Å². The Morgan fingerprint density at radius 3 is 2.19 bits per heavy atom. The largest absolute Gasteiger partial charge is 0.490 e. The fourth-order valence-electron chi connectivity index (χ4n) is 3.82. The van der Waals surface area contributed by atoms with E-state index in [1.54, 1.807) is 6.07 Å². The van der Waals surface area contributed by atoms with Crippen molar-refractivity contribution in [2.75, 3.05) is 0 Å². The summed E-state index contributed by atoms with van der Waals surface area (Å²) in [5, 5.41) is 0. The van der Waals surface area contributed by atoms with Crippen LogP contribution in [-0.2, 0) is 12.4 Å². The number of hydrogen-bond donors (Lipinski definition) is 0. The summed E-state index contributed by atoms with van der Waals surface area (Å²) < 4.78 is 103. The Morgan fingerprint density at radius 1 is 0.861 bits per heavy atom. The predicted molar refractivity (Wildman–Crippen MR) is 116 cm³/mol. The Kier molecular flexibility index (Phi) is 5.73. The molecule has 0 N–H and O–H groups in total. The Morgan fingerprint density at radius 2 is 1.56 bits per heavy atom. The molecule has 1 aliphatic carbocycles. The van der Waals surface area contributed by atoms with Crippen LogP contribution in [0, 0.1) is 5.82 Å². The summed E-state index contributed by atoms with van der Waals surface area (Å²) in [5.41, 5.74) is -2.78. The third-order valence-corrected chi connectivity index (χ3v) is 5.64. The number of aromatic nitrogens is 3. The minimum absolute atomic E-state index is 0.0504. The summed E-state index contributed by atoms with van der Waals surface area (Å²) in [6.07, 6.45) is -3.36. The zero-order valence-corrected chi connectivity index (χ0v) is 18.2. The van der Waals surface area contributed by atoms with Crippen molar-refractivity contribution >= 4 is 0 Å². The van der Waals surface area contributed by atoms with Crippen molar-refractivity contribution in [3.8, 4) is 33.8 Å². The molecule has 1 saturated carbocycles. The molecule has 4 nitrogen and oxygen atoms in total. The minimum Gasteiger partial charge on any atom is -0.490 e. The first-order valence-electron chi connectivity index (χ1n) is 10.7. The lowest BCUT2D eigenvalue weighted by Gasteiger charge is -2.18. The number of benzene rings is 2. The summed E-state index contributed by atoms with van der Waals surface area (Å²) in [4.78, 5) is 7.98. The minimum atomic E-state index is -5.01. The lowest BCUT2D eigenvalue weighted by Crippen LogP contribution is -2.11. The van der Waals surface area contributed by atoms with Gasteiger partial charge in [-0.25, -0.2) is 9.37 Å². The molecular weight excluding hydrogens is 491 g/mol. The van der Waals surface area contributed by atoms with Gasteiger partial charge < -0.3 is 4.74 Å². The van der Waals surface area contributed by atoms with E-state index >= 15 is 4.39 Å². The molecule has 5 rings (SSSR count). The van der Waals surface area contributed by atoms with Gasteiger partial charge >= 0.3 is 12.4 Å². The lowest BCUT2D eigenvalue weighted by molar-refractivity contribution is -0.143. The molecule has 0 unspecified atom stereocenters.